The van der Waals surface area contributed by atoms with Gasteiger partial charge in [-0.1, -0.05) is 18.2 Å². The monoisotopic (exact) mass is 368 g/mol. The number of hydrogen-bond acceptors (Lipinski definition) is 5. The predicted octanol–water partition coefficient (Wildman–Crippen LogP) is 2.73. The molecule has 0 atom stereocenters. The maximum atomic E-state index is 12.1. The zero-order valence-corrected chi connectivity index (χ0v) is 15.6. The van der Waals surface area contributed by atoms with Gasteiger partial charge in [-0.15, -0.1) is 0 Å². The third kappa shape index (κ3) is 4.94. The van der Waals surface area contributed by atoms with Crippen LogP contribution in [0.15, 0.2) is 48.5 Å². The first-order chi connectivity index (χ1) is 13.2. The van der Waals surface area contributed by atoms with Crippen LogP contribution in [0.2, 0.25) is 0 Å². The fourth-order valence-corrected chi connectivity index (χ4v) is 2.78. The molecule has 2 aromatic carbocycles. The van der Waals surface area contributed by atoms with Crippen molar-refractivity contribution in [2.75, 3.05) is 45.4 Å². The van der Waals surface area contributed by atoms with Gasteiger partial charge in [0.05, 0.1) is 7.11 Å². The van der Waals surface area contributed by atoms with Crippen LogP contribution in [-0.4, -0.2) is 46.4 Å². The molecule has 0 fully saturated rings. The predicted molar refractivity (Wildman–Crippen MR) is 106 cm³/mol. The number of ether oxygens (including phenoxy) is 3. The first kappa shape index (κ1) is 18.6. The average Bonchev–Trinajstić information content (AvgIpc) is 2.72. The van der Waals surface area contributed by atoms with E-state index in [-0.39, 0.29) is 5.91 Å². The van der Waals surface area contributed by atoms with Crippen molar-refractivity contribution < 1.29 is 19.0 Å². The number of carbonyl (C=O) groups is 1. The van der Waals surface area contributed by atoms with E-state index in [4.69, 9.17) is 14.2 Å². The van der Waals surface area contributed by atoms with E-state index in [1.807, 2.05) is 49.5 Å². The lowest BCUT2D eigenvalue weighted by molar-refractivity contribution is -0.116. The largest absolute Gasteiger partial charge is 0.493 e. The maximum absolute atomic E-state index is 12.1. The van der Waals surface area contributed by atoms with Crippen molar-refractivity contribution in [2.45, 2.75) is 0 Å². The molecule has 0 radical (unpaired) electrons. The van der Waals surface area contributed by atoms with Gasteiger partial charge in [0.1, 0.15) is 13.2 Å². The minimum Gasteiger partial charge on any atom is -0.493 e. The number of likely N-dealkylation sites (N-methyl/N-ethyl adjacent to an activating group) is 1. The zero-order valence-electron chi connectivity index (χ0n) is 15.6. The van der Waals surface area contributed by atoms with Crippen LogP contribution in [0.25, 0.3) is 6.08 Å². The second-order valence-corrected chi connectivity index (χ2v) is 6.13. The molecule has 1 aliphatic heterocycles. The fourth-order valence-electron chi connectivity index (χ4n) is 2.78. The summed E-state index contributed by atoms with van der Waals surface area (Å²) >= 11 is 0. The number of nitrogens with one attached hydrogen (secondary N) is 1. The Kier molecular flexibility index (Phi) is 6.20. The standard InChI is InChI=1S/C21H24N2O4/c1-23(17-6-4-3-5-7-17)11-10-22-20(24)9-8-16-14-18(25-2)21-19(15-16)26-12-13-27-21/h3-9,14-15H,10-13H2,1-2H3,(H,22,24)/b9-8+. The molecule has 1 aliphatic rings. The molecule has 0 aliphatic carbocycles. The third-order valence-corrected chi connectivity index (χ3v) is 4.22. The van der Waals surface area contributed by atoms with Crippen molar-refractivity contribution in [1.29, 1.82) is 0 Å². The lowest BCUT2D eigenvalue weighted by atomic mass is 10.1. The van der Waals surface area contributed by atoms with E-state index in [9.17, 15) is 4.79 Å². The van der Waals surface area contributed by atoms with Gasteiger partial charge in [0.2, 0.25) is 11.7 Å². The summed E-state index contributed by atoms with van der Waals surface area (Å²) in [5, 5.41) is 2.89. The lowest BCUT2D eigenvalue weighted by Crippen LogP contribution is -2.31. The van der Waals surface area contributed by atoms with Crippen LogP contribution >= 0.6 is 0 Å². The van der Waals surface area contributed by atoms with E-state index in [1.165, 1.54) is 6.08 Å². The molecule has 0 spiro atoms. The Morgan fingerprint density at radius 1 is 1.22 bits per heavy atom. The Balaban J connectivity index is 1.54. The van der Waals surface area contributed by atoms with Crippen LogP contribution in [0.1, 0.15) is 5.56 Å². The van der Waals surface area contributed by atoms with Crippen molar-refractivity contribution >= 4 is 17.7 Å². The van der Waals surface area contributed by atoms with E-state index in [1.54, 1.807) is 13.2 Å². The van der Waals surface area contributed by atoms with Crippen molar-refractivity contribution in [1.82, 2.24) is 5.32 Å². The molecule has 6 nitrogen and oxygen atoms in total. The summed E-state index contributed by atoms with van der Waals surface area (Å²) in [7, 11) is 3.58. The van der Waals surface area contributed by atoms with Crippen LogP contribution in [0, 0.1) is 0 Å². The molecule has 27 heavy (non-hydrogen) atoms. The number of anilines is 1. The van der Waals surface area contributed by atoms with Crippen molar-refractivity contribution in [3.8, 4) is 17.2 Å². The zero-order chi connectivity index (χ0) is 19.1. The molecule has 1 heterocycles. The minimum atomic E-state index is -0.148. The number of amides is 1. The molecule has 6 heteroatoms. The number of methoxy groups -OCH3 is 1. The highest BCUT2D eigenvalue weighted by Crippen LogP contribution is 2.40. The lowest BCUT2D eigenvalue weighted by Gasteiger charge is -2.21. The minimum absolute atomic E-state index is 0.148. The van der Waals surface area contributed by atoms with Gasteiger partial charge in [-0.05, 0) is 35.9 Å². The maximum Gasteiger partial charge on any atom is 0.244 e. The third-order valence-electron chi connectivity index (χ3n) is 4.22. The second-order valence-electron chi connectivity index (χ2n) is 6.13. The Hall–Kier alpha value is -3.15. The number of nitrogens with zero attached hydrogens (tertiary/aromatic N) is 1. The Morgan fingerprint density at radius 3 is 2.78 bits per heavy atom. The summed E-state index contributed by atoms with van der Waals surface area (Å²) in [6.45, 7) is 2.28. The van der Waals surface area contributed by atoms with Crippen molar-refractivity contribution in [3.63, 3.8) is 0 Å². The van der Waals surface area contributed by atoms with Gasteiger partial charge < -0.3 is 24.4 Å². The molecule has 0 bridgehead atoms. The van der Waals surface area contributed by atoms with E-state index in [0.717, 1.165) is 17.8 Å². The van der Waals surface area contributed by atoms with Gasteiger partial charge >= 0.3 is 0 Å². The summed E-state index contributed by atoms with van der Waals surface area (Å²) in [4.78, 5) is 14.2. The highest BCUT2D eigenvalue weighted by Gasteiger charge is 2.17. The van der Waals surface area contributed by atoms with Crippen LogP contribution in [0.3, 0.4) is 0 Å². The topological polar surface area (TPSA) is 60.0 Å². The van der Waals surface area contributed by atoms with E-state index in [0.29, 0.717) is 37.0 Å². The first-order valence-electron chi connectivity index (χ1n) is 8.87. The Labute approximate surface area is 159 Å². The molecule has 1 N–H and O–H groups in total. The SMILES string of the molecule is COc1cc(/C=C/C(=O)NCCN(C)c2ccccc2)cc2c1OCCO2. The summed E-state index contributed by atoms with van der Waals surface area (Å²) in [6, 6.07) is 13.7. The molecule has 142 valence electrons. The molecular weight excluding hydrogens is 344 g/mol. The van der Waals surface area contributed by atoms with Crippen molar-refractivity contribution in [2.24, 2.45) is 0 Å². The van der Waals surface area contributed by atoms with Gasteiger partial charge in [-0.3, -0.25) is 4.79 Å². The number of hydrogen-bond donors (Lipinski definition) is 1. The van der Waals surface area contributed by atoms with Gasteiger partial charge in [-0.25, -0.2) is 0 Å². The number of para-hydroxylation sites is 1. The Morgan fingerprint density at radius 2 is 2.00 bits per heavy atom. The molecule has 3 rings (SSSR count). The normalized spacial score (nSPS) is 12.7. The quantitative estimate of drug-likeness (QED) is 0.762. The molecule has 0 saturated heterocycles. The number of carbonyl (C=O) groups excluding carboxylic acids is 1. The summed E-state index contributed by atoms with van der Waals surface area (Å²) in [5.41, 5.74) is 1.93. The smallest absolute Gasteiger partial charge is 0.244 e. The van der Waals surface area contributed by atoms with E-state index in [2.05, 4.69) is 10.2 Å². The average molecular weight is 368 g/mol. The molecule has 2 aromatic rings. The van der Waals surface area contributed by atoms with E-state index >= 15 is 0 Å². The highest BCUT2D eigenvalue weighted by atomic mass is 16.6. The van der Waals surface area contributed by atoms with Crippen LogP contribution < -0.4 is 24.4 Å². The first-order valence-corrected chi connectivity index (χ1v) is 8.87. The van der Waals surface area contributed by atoms with E-state index < -0.39 is 0 Å². The molecule has 0 aromatic heterocycles. The van der Waals surface area contributed by atoms with Gasteiger partial charge in [-0.2, -0.15) is 0 Å². The van der Waals surface area contributed by atoms with Crippen molar-refractivity contribution in [3.05, 3.63) is 54.1 Å². The fraction of sp³-hybridized carbons (Fsp3) is 0.286. The molecule has 1 amide bonds. The van der Waals surface area contributed by atoms with Gasteiger partial charge in [0.15, 0.2) is 11.5 Å². The summed E-state index contributed by atoms with van der Waals surface area (Å²) < 4.78 is 16.5. The molecular formula is C21H24N2O4. The van der Waals surface area contributed by atoms with Crippen LogP contribution in [-0.2, 0) is 4.79 Å². The summed E-state index contributed by atoms with van der Waals surface area (Å²) in [5.74, 6) is 1.68. The van der Waals surface area contributed by atoms with Gasteiger partial charge in [0.25, 0.3) is 0 Å². The van der Waals surface area contributed by atoms with Crippen LogP contribution in [0.5, 0.6) is 17.2 Å². The molecule has 0 unspecified atom stereocenters. The summed E-state index contributed by atoms with van der Waals surface area (Å²) in [6.07, 6.45) is 3.24. The van der Waals surface area contributed by atoms with Crippen LogP contribution in [0.4, 0.5) is 5.69 Å². The van der Waals surface area contributed by atoms with Gasteiger partial charge in [0, 0.05) is 31.9 Å². The second kappa shape index (κ2) is 8.98. The number of rotatable bonds is 7. The Bertz CT molecular complexity index is 788. The molecule has 0 saturated carbocycles. The number of fused-ring (bicyclic) bond motifs is 1. The number of benzene rings is 2. The highest BCUT2D eigenvalue weighted by molar-refractivity contribution is 5.91.